The molecule has 2 rings (SSSR count). The highest BCUT2D eigenvalue weighted by atomic mass is 19.1. The van der Waals surface area contributed by atoms with E-state index in [-0.39, 0.29) is 30.8 Å². The minimum Gasteiger partial charge on any atom is -0.390 e. The molecule has 0 heterocycles. The van der Waals surface area contributed by atoms with Gasteiger partial charge in [-0.05, 0) is 81.0 Å². The van der Waals surface area contributed by atoms with Crippen LogP contribution < -0.4 is 5.73 Å². The number of unbranched alkanes of at least 4 members (excludes halogenated alkanes) is 2. The Kier molecular flexibility index (Phi) is 13.7. The maximum absolute atomic E-state index is 13.9. The summed E-state index contributed by atoms with van der Waals surface area (Å²) in [6.45, 7) is 11.2. The van der Waals surface area contributed by atoms with Crippen LogP contribution in [0.15, 0.2) is 36.4 Å². The molecule has 0 aromatic heterocycles. The minimum absolute atomic E-state index is 0.0416. The van der Waals surface area contributed by atoms with Crippen molar-refractivity contribution in [3.8, 4) is 0 Å². The van der Waals surface area contributed by atoms with E-state index in [4.69, 9.17) is 5.73 Å². The van der Waals surface area contributed by atoms with Crippen LogP contribution in [0.3, 0.4) is 0 Å². The quantitative estimate of drug-likeness (QED) is 0.252. The number of benzene rings is 2. The van der Waals surface area contributed by atoms with Gasteiger partial charge < -0.3 is 20.6 Å². The van der Waals surface area contributed by atoms with E-state index in [0.717, 1.165) is 50.2 Å². The van der Waals surface area contributed by atoms with Crippen molar-refractivity contribution in [2.45, 2.75) is 97.8 Å². The van der Waals surface area contributed by atoms with Crippen LogP contribution in [0, 0.1) is 18.6 Å². The van der Waals surface area contributed by atoms with E-state index in [1.54, 1.807) is 23.1 Å². The van der Waals surface area contributed by atoms with Crippen LogP contribution in [-0.2, 0) is 6.42 Å². The van der Waals surface area contributed by atoms with Crippen LogP contribution in [0.25, 0.3) is 0 Å². The molecule has 0 bridgehead atoms. The zero-order valence-corrected chi connectivity index (χ0v) is 24.8. The van der Waals surface area contributed by atoms with E-state index in [1.807, 2.05) is 32.6 Å². The average molecular weight is 560 g/mol. The number of aryl methyl sites for hydroxylation is 1. The lowest BCUT2D eigenvalue weighted by atomic mass is 9.99. The summed E-state index contributed by atoms with van der Waals surface area (Å²) >= 11 is 0. The molecule has 0 aliphatic rings. The van der Waals surface area contributed by atoms with Gasteiger partial charge in [-0.25, -0.2) is 8.78 Å². The van der Waals surface area contributed by atoms with E-state index >= 15 is 0 Å². The summed E-state index contributed by atoms with van der Waals surface area (Å²) in [6.07, 6.45) is 4.33. The number of carbonyl (C=O) groups excluding carboxylic acids is 2. The molecule has 0 radical (unpaired) electrons. The number of aliphatic hydroxyl groups excluding tert-OH is 1. The molecule has 0 saturated heterocycles. The van der Waals surface area contributed by atoms with Crippen LogP contribution >= 0.6 is 0 Å². The Morgan fingerprint density at radius 1 is 0.875 bits per heavy atom. The Labute approximate surface area is 238 Å². The van der Waals surface area contributed by atoms with Crippen molar-refractivity contribution in [3.63, 3.8) is 0 Å². The first kappa shape index (κ1) is 33.4. The van der Waals surface area contributed by atoms with E-state index in [9.17, 15) is 23.5 Å². The van der Waals surface area contributed by atoms with Gasteiger partial charge in [0.25, 0.3) is 11.8 Å². The molecule has 0 aliphatic heterocycles. The maximum Gasteiger partial charge on any atom is 0.254 e. The van der Waals surface area contributed by atoms with Crippen molar-refractivity contribution in [1.82, 2.24) is 9.80 Å². The first-order valence-electron chi connectivity index (χ1n) is 14.6. The summed E-state index contributed by atoms with van der Waals surface area (Å²) < 4.78 is 27.3. The summed E-state index contributed by atoms with van der Waals surface area (Å²) in [5.41, 5.74) is 8.24. The molecule has 0 fully saturated rings. The predicted octanol–water partition coefficient (Wildman–Crippen LogP) is 5.88. The van der Waals surface area contributed by atoms with Crippen LogP contribution in [0.2, 0.25) is 0 Å². The zero-order valence-electron chi connectivity index (χ0n) is 24.8. The lowest BCUT2D eigenvalue weighted by Gasteiger charge is -2.33. The van der Waals surface area contributed by atoms with Gasteiger partial charge in [-0.2, -0.15) is 0 Å². The fourth-order valence-electron chi connectivity index (χ4n) is 5.02. The summed E-state index contributed by atoms with van der Waals surface area (Å²) in [4.78, 5) is 30.7. The van der Waals surface area contributed by atoms with Crippen LogP contribution in [0.1, 0.15) is 98.1 Å². The third kappa shape index (κ3) is 9.97. The molecule has 1 unspecified atom stereocenters. The molecule has 2 aromatic rings. The van der Waals surface area contributed by atoms with Crippen molar-refractivity contribution >= 4 is 11.8 Å². The van der Waals surface area contributed by atoms with Gasteiger partial charge in [0, 0.05) is 48.9 Å². The highest BCUT2D eigenvalue weighted by Crippen LogP contribution is 2.20. The minimum atomic E-state index is -1.13. The first-order chi connectivity index (χ1) is 19.0. The summed E-state index contributed by atoms with van der Waals surface area (Å²) in [6, 6.07) is 7.34. The van der Waals surface area contributed by atoms with Gasteiger partial charge >= 0.3 is 0 Å². The Morgan fingerprint density at radius 3 is 2.00 bits per heavy atom. The Bertz CT molecular complexity index is 1080. The average Bonchev–Trinajstić information content (AvgIpc) is 2.89. The first-order valence-corrected chi connectivity index (χ1v) is 14.6. The predicted molar refractivity (Wildman–Crippen MR) is 156 cm³/mol. The van der Waals surface area contributed by atoms with Crippen molar-refractivity contribution in [1.29, 1.82) is 0 Å². The third-order valence-electron chi connectivity index (χ3n) is 7.14. The monoisotopic (exact) mass is 559 g/mol. The van der Waals surface area contributed by atoms with Crippen molar-refractivity contribution in [2.75, 3.05) is 19.6 Å². The molecule has 0 spiro atoms. The van der Waals surface area contributed by atoms with Gasteiger partial charge in [-0.15, -0.1) is 0 Å². The van der Waals surface area contributed by atoms with E-state index in [1.165, 1.54) is 12.1 Å². The molecular formula is C32H47F2N3O3. The van der Waals surface area contributed by atoms with Gasteiger partial charge in [0.15, 0.2) is 0 Å². The highest BCUT2D eigenvalue weighted by molar-refractivity contribution is 6.00. The van der Waals surface area contributed by atoms with Crippen LogP contribution in [-0.4, -0.2) is 64.5 Å². The number of nitrogens with two attached hydrogens (primary N) is 1. The lowest BCUT2D eigenvalue weighted by Crippen LogP contribution is -2.49. The van der Waals surface area contributed by atoms with Gasteiger partial charge in [0.05, 0.1) is 6.10 Å². The van der Waals surface area contributed by atoms with E-state index in [2.05, 4.69) is 6.92 Å². The molecule has 6 nitrogen and oxygen atoms in total. The van der Waals surface area contributed by atoms with Crippen LogP contribution in [0.4, 0.5) is 8.78 Å². The third-order valence-corrected chi connectivity index (χ3v) is 7.14. The summed E-state index contributed by atoms with van der Waals surface area (Å²) in [7, 11) is 0. The molecule has 2 amide bonds. The molecule has 222 valence electrons. The molecular weight excluding hydrogens is 512 g/mol. The van der Waals surface area contributed by atoms with Crippen molar-refractivity contribution < 1.29 is 23.5 Å². The second-order valence-electron chi connectivity index (χ2n) is 10.9. The molecule has 3 atom stereocenters. The van der Waals surface area contributed by atoms with E-state index < -0.39 is 23.8 Å². The maximum atomic E-state index is 13.9. The fourth-order valence-corrected chi connectivity index (χ4v) is 5.02. The Balaban J connectivity index is 2.33. The van der Waals surface area contributed by atoms with E-state index in [0.29, 0.717) is 29.8 Å². The fraction of sp³-hybridized carbons (Fsp3) is 0.562. The van der Waals surface area contributed by atoms with Crippen LogP contribution in [0.5, 0.6) is 0 Å². The number of amides is 2. The normalized spacial score (nSPS) is 13.5. The number of hydrogen-bond donors (Lipinski definition) is 2. The Morgan fingerprint density at radius 2 is 1.45 bits per heavy atom. The largest absolute Gasteiger partial charge is 0.390 e. The Hall–Kier alpha value is -2.84. The molecule has 0 saturated carbocycles. The highest BCUT2D eigenvalue weighted by Gasteiger charge is 2.28. The molecule has 3 N–H and O–H groups in total. The second kappa shape index (κ2) is 16.4. The topological polar surface area (TPSA) is 86.9 Å². The summed E-state index contributed by atoms with van der Waals surface area (Å²) in [5, 5.41) is 11.0. The van der Waals surface area contributed by atoms with Gasteiger partial charge in [0.1, 0.15) is 11.6 Å². The molecule has 2 aromatic carbocycles. The number of rotatable bonds is 16. The van der Waals surface area contributed by atoms with Crippen molar-refractivity contribution in [2.24, 2.45) is 5.73 Å². The van der Waals surface area contributed by atoms with Gasteiger partial charge in [0.2, 0.25) is 0 Å². The van der Waals surface area contributed by atoms with Crippen molar-refractivity contribution in [3.05, 3.63) is 70.3 Å². The number of hydrogen-bond acceptors (Lipinski definition) is 4. The number of carbonyl (C=O) groups is 2. The molecule has 40 heavy (non-hydrogen) atoms. The van der Waals surface area contributed by atoms with Gasteiger partial charge in [-0.3, -0.25) is 9.59 Å². The summed E-state index contributed by atoms with van der Waals surface area (Å²) in [5.74, 6) is -1.81. The lowest BCUT2D eigenvalue weighted by molar-refractivity contribution is 0.0464. The standard InChI is InChI=1S/C32H47F2N3O3/c1-6-9-10-11-23(5)37(21-30(38)29(35)18-24-16-27(33)20-28(34)17-24)32(40)26-15-22(4)14-25(19-26)31(39)36(12-7-2)13-8-3/h14-17,19-20,23,29-30,38H,6-13,18,21,35H2,1-5H3/t23?,29-,30+/m0/s1. The van der Waals surface area contributed by atoms with Gasteiger partial charge in [-0.1, -0.05) is 40.0 Å². The smallest absolute Gasteiger partial charge is 0.254 e. The SMILES string of the molecule is CCCCCC(C)N(C[C@@H](O)[C@@H](N)Cc1cc(F)cc(F)c1)C(=O)c1cc(C)cc(C(=O)N(CCC)CCC)c1. The second-order valence-corrected chi connectivity index (χ2v) is 10.9. The number of halogens is 2. The number of nitrogens with zero attached hydrogens (tertiary/aromatic N) is 2. The molecule has 0 aliphatic carbocycles. The molecule has 8 heteroatoms. The number of aliphatic hydroxyl groups is 1. The zero-order chi connectivity index (χ0) is 29.8.